The summed E-state index contributed by atoms with van der Waals surface area (Å²) in [5, 5.41) is 2.63. The van der Waals surface area contributed by atoms with E-state index in [0.717, 1.165) is 8.26 Å². The Morgan fingerprint density at radius 3 is 2.17 bits per heavy atom. The SMILES string of the molecule is COC(=O)C(C)(C)NC(=O)c1sc(Br)c(Br)c1Br. The van der Waals surface area contributed by atoms with Crippen LogP contribution in [-0.2, 0) is 9.53 Å². The molecule has 0 saturated heterocycles. The monoisotopic (exact) mass is 461 g/mol. The average molecular weight is 464 g/mol. The molecule has 0 fully saturated rings. The minimum absolute atomic E-state index is 0.339. The van der Waals surface area contributed by atoms with Gasteiger partial charge in [-0.3, -0.25) is 4.79 Å². The van der Waals surface area contributed by atoms with Crippen LogP contribution in [0.5, 0.6) is 0 Å². The molecule has 0 aliphatic carbocycles. The molecule has 0 unspecified atom stereocenters. The van der Waals surface area contributed by atoms with Gasteiger partial charge < -0.3 is 10.1 Å². The van der Waals surface area contributed by atoms with Gasteiger partial charge in [0.25, 0.3) is 5.91 Å². The van der Waals surface area contributed by atoms with Crippen molar-refractivity contribution in [2.45, 2.75) is 19.4 Å². The molecule has 0 atom stereocenters. The molecule has 1 N–H and O–H groups in total. The number of nitrogens with one attached hydrogen (secondary N) is 1. The summed E-state index contributed by atoms with van der Waals surface area (Å²) in [6, 6.07) is 0. The predicted octanol–water partition coefficient (Wildman–Crippen LogP) is 3.72. The highest BCUT2D eigenvalue weighted by molar-refractivity contribution is 9.14. The first kappa shape index (κ1) is 16.1. The van der Waals surface area contributed by atoms with Crippen LogP contribution in [-0.4, -0.2) is 24.5 Å². The van der Waals surface area contributed by atoms with E-state index in [1.807, 2.05) is 0 Å². The number of methoxy groups -OCH3 is 1. The molecule has 1 heterocycles. The fourth-order valence-corrected chi connectivity index (χ4v) is 4.14. The Morgan fingerprint density at radius 2 is 1.78 bits per heavy atom. The standard InChI is InChI=1S/C10H10Br3NO3S/c1-10(2,9(16)17-3)14-8(15)6-4(11)5(12)7(13)18-6/h1-3H3,(H,14,15). The van der Waals surface area contributed by atoms with Crippen molar-refractivity contribution in [1.82, 2.24) is 5.32 Å². The van der Waals surface area contributed by atoms with Crippen molar-refractivity contribution in [3.8, 4) is 0 Å². The maximum absolute atomic E-state index is 12.1. The third kappa shape index (κ3) is 3.34. The number of hydrogen-bond acceptors (Lipinski definition) is 4. The van der Waals surface area contributed by atoms with E-state index in [9.17, 15) is 9.59 Å². The first-order valence-electron chi connectivity index (χ1n) is 4.75. The molecule has 100 valence electrons. The van der Waals surface area contributed by atoms with E-state index in [1.54, 1.807) is 13.8 Å². The maximum atomic E-state index is 12.1. The topological polar surface area (TPSA) is 55.4 Å². The second-order valence-electron chi connectivity index (χ2n) is 3.90. The molecule has 0 aromatic carbocycles. The molecular weight excluding hydrogens is 454 g/mol. The Hall–Kier alpha value is 0.0800. The van der Waals surface area contributed by atoms with Crippen LogP contribution in [0.4, 0.5) is 0 Å². The molecule has 18 heavy (non-hydrogen) atoms. The number of rotatable bonds is 3. The van der Waals surface area contributed by atoms with E-state index < -0.39 is 11.5 Å². The number of thiophene rings is 1. The highest BCUT2D eigenvalue weighted by Gasteiger charge is 2.32. The van der Waals surface area contributed by atoms with E-state index in [2.05, 4.69) is 57.8 Å². The number of esters is 1. The largest absolute Gasteiger partial charge is 0.467 e. The molecule has 1 amide bonds. The summed E-state index contributed by atoms with van der Waals surface area (Å²) in [4.78, 5) is 24.1. The van der Waals surface area contributed by atoms with Gasteiger partial charge in [-0.2, -0.15) is 0 Å². The molecule has 0 spiro atoms. The van der Waals surface area contributed by atoms with Crippen LogP contribution in [0.25, 0.3) is 0 Å². The maximum Gasteiger partial charge on any atom is 0.330 e. The summed E-state index contributed by atoms with van der Waals surface area (Å²) in [7, 11) is 1.28. The van der Waals surface area contributed by atoms with Crippen LogP contribution in [0.15, 0.2) is 12.7 Å². The summed E-state index contributed by atoms with van der Waals surface area (Å²) in [5.41, 5.74) is -1.08. The van der Waals surface area contributed by atoms with Crippen LogP contribution in [0.3, 0.4) is 0 Å². The average Bonchev–Trinajstić information content (AvgIpc) is 2.55. The van der Waals surface area contributed by atoms with E-state index in [4.69, 9.17) is 0 Å². The van der Waals surface area contributed by atoms with Crippen molar-refractivity contribution in [2.75, 3.05) is 7.11 Å². The van der Waals surface area contributed by atoms with Gasteiger partial charge in [0.05, 0.1) is 19.8 Å². The number of carbonyl (C=O) groups is 2. The number of ether oxygens (including phenoxy) is 1. The molecule has 1 rings (SSSR count). The zero-order valence-corrected chi connectivity index (χ0v) is 15.3. The van der Waals surface area contributed by atoms with Crippen molar-refractivity contribution in [1.29, 1.82) is 0 Å². The molecular formula is C10H10Br3NO3S. The smallest absolute Gasteiger partial charge is 0.330 e. The van der Waals surface area contributed by atoms with Crippen molar-refractivity contribution in [3.05, 3.63) is 17.6 Å². The summed E-state index contributed by atoms with van der Waals surface area (Å²) in [6.07, 6.45) is 0. The van der Waals surface area contributed by atoms with Gasteiger partial charge in [0.2, 0.25) is 0 Å². The Bertz CT molecular complexity index is 499. The Morgan fingerprint density at radius 1 is 1.22 bits per heavy atom. The third-order valence-electron chi connectivity index (χ3n) is 2.08. The lowest BCUT2D eigenvalue weighted by molar-refractivity contribution is -0.146. The fraction of sp³-hybridized carbons (Fsp3) is 0.400. The normalized spacial score (nSPS) is 11.2. The first-order chi connectivity index (χ1) is 8.20. The molecule has 0 aliphatic rings. The highest BCUT2D eigenvalue weighted by Crippen LogP contribution is 2.40. The molecule has 0 bridgehead atoms. The van der Waals surface area contributed by atoms with Gasteiger partial charge in [-0.05, 0) is 61.6 Å². The van der Waals surface area contributed by atoms with Gasteiger partial charge in [-0.15, -0.1) is 11.3 Å². The van der Waals surface area contributed by atoms with E-state index in [1.165, 1.54) is 18.4 Å². The molecule has 0 aliphatic heterocycles. The molecule has 1 aromatic rings. The molecule has 0 radical (unpaired) electrons. The van der Waals surface area contributed by atoms with Crippen molar-refractivity contribution >= 4 is 71.0 Å². The number of halogens is 3. The van der Waals surface area contributed by atoms with Gasteiger partial charge in [0.15, 0.2) is 0 Å². The Labute approximate surface area is 134 Å². The molecule has 4 nitrogen and oxygen atoms in total. The van der Waals surface area contributed by atoms with E-state index in [0.29, 0.717) is 9.35 Å². The lowest BCUT2D eigenvalue weighted by Crippen LogP contribution is -2.50. The Kier molecular flexibility index (Phi) is 5.40. The summed E-state index contributed by atoms with van der Waals surface area (Å²) in [6.45, 7) is 3.17. The van der Waals surface area contributed by atoms with Gasteiger partial charge in [0.1, 0.15) is 10.4 Å². The molecule has 1 aromatic heterocycles. The van der Waals surface area contributed by atoms with Crippen LogP contribution in [0.1, 0.15) is 23.5 Å². The van der Waals surface area contributed by atoms with Crippen LogP contribution < -0.4 is 5.32 Å². The van der Waals surface area contributed by atoms with Crippen LogP contribution in [0, 0.1) is 0 Å². The molecule has 8 heteroatoms. The third-order valence-corrected chi connectivity index (χ3v) is 7.12. The second-order valence-corrected chi connectivity index (χ2v) is 7.83. The minimum atomic E-state index is -1.08. The van der Waals surface area contributed by atoms with E-state index in [-0.39, 0.29) is 5.91 Å². The lowest BCUT2D eigenvalue weighted by Gasteiger charge is -2.22. The summed E-state index contributed by atoms with van der Waals surface area (Å²) in [5.74, 6) is -0.838. The summed E-state index contributed by atoms with van der Waals surface area (Å²) < 4.78 is 6.85. The lowest BCUT2D eigenvalue weighted by atomic mass is 10.1. The predicted molar refractivity (Wildman–Crippen MR) is 81.0 cm³/mol. The quantitative estimate of drug-likeness (QED) is 0.695. The zero-order valence-electron chi connectivity index (χ0n) is 9.77. The summed E-state index contributed by atoms with van der Waals surface area (Å²) >= 11 is 11.3. The fourth-order valence-electron chi connectivity index (χ4n) is 1.16. The number of hydrogen-bond donors (Lipinski definition) is 1. The van der Waals surface area contributed by atoms with Gasteiger partial charge in [-0.1, -0.05) is 0 Å². The van der Waals surface area contributed by atoms with Crippen LogP contribution in [0.2, 0.25) is 0 Å². The van der Waals surface area contributed by atoms with E-state index >= 15 is 0 Å². The first-order valence-corrected chi connectivity index (χ1v) is 7.94. The highest BCUT2D eigenvalue weighted by atomic mass is 79.9. The van der Waals surface area contributed by atoms with Crippen molar-refractivity contribution < 1.29 is 14.3 Å². The van der Waals surface area contributed by atoms with Gasteiger partial charge in [-0.25, -0.2) is 4.79 Å². The van der Waals surface area contributed by atoms with Crippen LogP contribution >= 0.6 is 59.1 Å². The van der Waals surface area contributed by atoms with Crippen molar-refractivity contribution in [2.24, 2.45) is 0 Å². The molecule has 0 saturated carbocycles. The van der Waals surface area contributed by atoms with Gasteiger partial charge >= 0.3 is 5.97 Å². The van der Waals surface area contributed by atoms with Gasteiger partial charge in [0, 0.05) is 0 Å². The van der Waals surface area contributed by atoms with Crippen molar-refractivity contribution in [3.63, 3.8) is 0 Å². The Balaban J connectivity index is 2.96. The number of carbonyl (C=O) groups excluding carboxylic acids is 2. The minimum Gasteiger partial charge on any atom is -0.467 e. The number of amides is 1. The second kappa shape index (κ2) is 6.02. The zero-order chi connectivity index (χ0) is 14.1.